The summed E-state index contributed by atoms with van der Waals surface area (Å²) >= 11 is 3.15. The lowest BCUT2D eigenvalue weighted by atomic mass is 10.1. The summed E-state index contributed by atoms with van der Waals surface area (Å²) in [5.41, 5.74) is 11.3. The van der Waals surface area contributed by atoms with Gasteiger partial charge in [0.15, 0.2) is 0 Å². The molecule has 312 valence electrons. The van der Waals surface area contributed by atoms with E-state index >= 15 is 0 Å². The average Bonchev–Trinajstić information content (AvgIpc) is 4.14. The normalized spacial score (nSPS) is 14.7. The molecule has 0 radical (unpaired) electrons. The zero-order valence-electron chi connectivity index (χ0n) is 35.1. The molecule has 0 bridgehead atoms. The number of hydrogen-bond acceptors (Lipinski definition) is 12. The lowest BCUT2D eigenvalue weighted by molar-refractivity contribution is 0.343. The second-order valence-corrected chi connectivity index (χ2v) is 17.9. The Morgan fingerprint density at radius 3 is 1.63 bits per heavy atom. The smallest absolute Gasteiger partial charge is 0.104 e. The molecule has 2 fully saturated rings. The third-order valence-corrected chi connectivity index (χ3v) is 13.9. The number of nitrogens with one attached hydrogen (secondary N) is 2. The summed E-state index contributed by atoms with van der Waals surface area (Å²) in [5, 5.41) is 46.1. The van der Waals surface area contributed by atoms with Crippen molar-refractivity contribution in [3.63, 3.8) is 0 Å². The molecule has 0 aromatic carbocycles. The maximum absolute atomic E-state index is 9.60. The predicted molar refractivity (Wildman–Crippen MR) is 240 cm³/mol. The van der Waals surface area contributed by atoms with E-state index in [4.69, 9.17) is 4.98 Å². The quantitative estimate of drug-likeness (QED) is 0.150. The summed E-state index contributed by atoms with van der Waals surface area (Å²) in [7, 11) is 0. The van der Waals surface area contributed by atoms with E-state index in [-0.39, 0.29) is 0 Å². The van der Waals surface area contributed by atoms with E-state index in [1.165, 1.54) is 5.56 Å². The van der Waals surface area contributed by atoms with Crippen LogP contribution in [0.2, 0.25) is 0 Å². The van der Waals surface area contributed by atoms with Crippen LogP contribution in [0, 0.1) is 50.4 Å². The van der Waals surface area contributed by atoms with E-state index < -0.39 is 0 Å². The van der Waals surface area contributed by atoms with Crippen LogP contribution in [0.25, 0.3) is 33.3 Å². The fraction of sp³-hybridized carbons (Fsp3) is 0.304. The predicted octanol–water partition coefficient (Wildman–Crippen LogP) is 8.31. The molecule has 14 nitrogen and oxygen atoms in total. The fourth-order valence-electron chi connectivity index (χ4n) is 7.94. The Morgan fingerprint density at radius 2 is 1.11 bits per heavy atom. The van der Waals surface area contributed by atoms with Crippen molar-refractivity contribution < 1.29 is 0 Å². The molecule has 2 aliphatic heterocycles. The Morgan fingerprint density at radius 1 is 0.597 bits per heavy atom. The van der Waals surface area contributed by atoms with Gasteiger partial charge in [-0.3, -0.25) is 9.36 Å². The standard InChI is InChI=1S/2C23H23N7S/c1-15-3-8-26-23(16(15)2)31-21-9-17(13-30-22(21)18(10-24)11-28-30)19-12-27-29(14-19)20-4-6-25-7-5-20;1-15-3-4-16(2)28-23(15)31-21-9-17(13-30-22(21)18(10-24)11-27-30)19-12-26-29(14-19)20-5-7-25-8-6-20/h3,8-9,11-14,20,25H,4-7H2,1-2H3;3-4,9,11-14,20,25H,5-8H2,1-2H3. The van der Waals surface area contributed by atoms with Crippen molar-refractivity contribution in [1.29, 1.82) is 10.5 Å². The first-order valence-electron chi connectivity index (χ1n) is 20.8. The summed E-state index contributed by atoms with van der Waals surface area (Å²) in [5.74, 6) is 0. The van der Waals surface area contributed by atoms with Gasteiger partial charge in [0.2, 0.25) is 0 Å². The molecule has 2 N–H and O–H groups in total. The molecule has 0 atom stereocenters. The van der Waals surface area contributed by atoms with Crippen LogP contribution in [0.1, 0.15) is 71.3 Å². The molecule has 16 heteroatoms. The van der Waals surface area contributed by atoms with Crippen LogP contribution in [0.3, 0.4) is 0 Å². The van der Waals surface area contributed by atoms with Crippen molar-refractivity contribution in [2.45, 2.75) is 85.3 Å². The minimum Gasteiger partial charge on any atom is -0.317 e. The monoisotopic (exact) mass is 858 g/mol. The van der Waals surface area contributed by atoms with E-state index in [9.17, 15) is 10.5 Å². The zero-order chi connectivity index (χ0) is 42.7. The van der Waals surface area contributed by atoms with Gasteiger partial charge in [0.05, 0.1) is 59.0 Å². The number of hydrogen-bond donors (Lipinski definition) is 2. The van der Waals surface area contributed by atoms with Crippen molar-refractivity contribution in [2.75, 3.05) is 26.2 Å². The number of rotatable bonds is 8. The van der Waals surface area contributed by atoms with E-state index in [1.54, 1.807) is 44.9 Å². The van der Waals surface area contributed by atoms with Gasteiger partial charge < -0.3 is 10.6 Å². The van der Waals surface area contributed by atoms with Crippen LogP contribution in [-0.2, 0) is 0 Å². The van der Waals surface area contributed by atoms with Crippen LogP contribution in [0.15, 0.2) is 106 Å². The van der Waals surface area contributed by atoms with E-state index in [0.29, 0.717) is 23.2 Å². The summed E-state index contributed by atoms with van der Waals surface area (Å²) in [6.07, 6.45) is 21.5. The molecular weight excluding hydrogens is 813 g/mol. The third-order valence-electron chi connectivity index (χ3n) is 11.7. The van der Waals surface area contributed by atoms with Gasteiger partial charge in [-0.05, 0) is 121 Å². The maximum Gasteiger partial charge on any atom is 0.104 e. The van der Waals surface area contributed by atoms with Crippen molar-refractivity contribution in [1.82, 2.24) is 59.4 Å². The Balaban J connectivity index is 0.000000158. The number of fused-ring (bicyclic) bond motifs is 2. The van der Waals surface area contributed by atoms with Gasteiger partial charge >= 0.3 is 0 Å². The van der Waals surface area contributed by atoms with Crippen molar-refractivity contribution in [3.05, 3.63) is 120 Å². The molecule has 0 amide bonds. The highest BCUT2D eigenvalue weighted by atomic mass is 32.2. The Kier molecular flexibility index (Phi) is 11.9. The van der Waals surface area contributed by atoms with E-state index in [0.717, 1.165) is 122 Å². The number of aryl methyl sites for hydroxylation is 3. The Hall–Kier alpha value is -6.30. The first-order valence-corrected chi connectivity index (χ1v) is 22.4. The fourth-order valence-corrected chi connectivity index (χ4v) is 10.2. The highest BCUT2D eigenvalue weighted by molar-refractivity contribution is 7.99. The van der Waals surface area contributed by atoms with Crippen LogP contribution < -0.4 is 10.6 Å². The van der Waals surface area contributed by atoms with Crippen LogP contribution in [0.5, 0.6) is 0 Å². The van der Waals surface area contributed by atoms with Crippen LogP contribution in [-0.4, -0.2) is 74.9 Å². The molecule has 2 saturated heterocycles. The van der Waals surface area contributed by atoms with Gasteiger partial charge in [0.1, 0.15) is 22.2 Å². The minimum absolute atomic E-state index is 0.432. The summed E-state index contributed by atoms with van der Waals surface area (Å²) in [6.45, 7) is 12.3. The first kappa shape index (κ1) is 41.1. The second-order valence-electron chi connectivity index (χ2n) is 15.8. The number of nitriles is 2. The lowest BCUT2D eigenvalue weighted by Crippen LogP contribution is -2.29. The summed E-state index contributed by atoms with van der Waals surface area (Å²) < 4.78 is 7.76. The minimum atomic E-state index is 0.432. The van der Waals surface area contributed by atoms with Crippen molar-refractivity contribution in [2.24, 2.45) is 0 Å². The SMILES string of the molecule is Cc1ccc(C)c(Sc2cc(-c3cnn(C4CCNCC4)c3)cn3ncc(C#N)c23)n1.Cc1ccnc(Sc2cc(-c3cnn(C4CCNCC4)c3)cn3ncc(C#N)c23)c1C. The maximum atomic E-state index is 9.60. The van der Waals surface area contributed by atoms with Crippen LogP contribution in [0.4, 0.5) is 0 Å². The highest BCUT2D eigenvalue weighted by Gasteiger charge is 2.21. The molecule has 62 heavy (non-hydrogen) atoms. The number of piperidine rings is 2. The summed E-state index contributed by atoms with van der Waals surface area (Å²) in [6, 6.07) is 15.8. The van der Waals surface area contributed by atoms with Crippen LogP contribution >= 0.6 is 23.5 Å². The third kappa shape index (κ3) is 8.47. The van der Waals surface area contributed by atoms with Gasteiger partial charge in [-0.25, -0.2) is 19.0 Å². The Labute approximate surface area is 368 Å². The first-order chi connectivity index (χ1) is 30.3. The van der Waals surface area contributed by atoms with Crippen molar-refractivity contribution >= 4 is 34.6 Å². The molecule has 0 spiro atoms. The number of pyridine rings is 4. The van der Waals surface area contributed by atoms with Gasteiger partial charge in [0, 0.05) is 68.7 Å². The largest absolute Gasteiger partial charge is 0.317 e. The van der Waals surface area contributed by atoms with E-state index in [2.05, 4.69) is 109 Å². The molecule has 10 heterocycles. The van der Waals surface area contributed by atoms with Gasteiger partial charge in [-0.1, -0.05) is 29.6 Å². The second kappa shape index (κ2) is 18.0. The zero-order valence-corrected chi connectivity index (χ0v) is 36.7. The molecule has 0 unspecified atom stereocenters. The lowest BCUT2D eigenvalue weighted by Gasteiger charge is -2.22. The van der Waals surface area contributed by atoms with Gasteiger partial charge in [-0.15, -0.1) is 0 Å². The molecule has 0 saturated carbocycles. The van der Waals surface area contributed by atoms with Crippen molar-refractivity contribution in [3.8, 4) is 34.4 Å². The summed E-state index contributed by atoms with van der Waals surface area (Å²) in [4.78, 5) is 11.2. The van der Waals surface area contributed by atoms with Gasteiger partial charge in [0.25, 0.3) is 0 Å². The van der Waals surface area contributed by atoms with E-state index in [1.807, 2.05) is 50.0 Å². The molecular formula is C46H46N14S2. The van der Waals surface area contributed by atoms with Gasteiger partial charge in [-0.2, -0.15) is 30.9 Å². The molecule has 8 aromatic heterocycles. The molecule has 2 aliphatic rings. The Bertz CT molecular complexity index is 2830. The molecule has 0 aliphatic carbocycles. The number of aromatic nitrogens is 10. The molecule has 8 aromatic rings. The topological polar surface area (TPSA) is 168 Å². The average molecular weight is 859 g/mol. The molecule has 10 rings (SSSR count). The highest BCUT2D eigenvalue weighted by Crippen LogP contribution is 2.38. The number of nitrogens with zero attached hydrogens (tertiary/aromatic N) is 12.